The van der Waals surface area contributed by atoms with E-state index < -0.39 is 0 Å². The molecule has 4 heteroatoms. The van der Waals surface area contributed by atoms with E-state index in [2.05, 4.69) is 20.9 Å². The van der Waals surface area contributed by atoms with Crippen molar-refractivity contribution >= 4 is 43.2 Å². The van der Waals surface area contributed by atoms with Crippen LogP contribution in [0.3, 0.4) is 0 Å². The molecule has 1 aromatic carbocycles. The zero-order valence-electron chi connectivity index (χ0n) is 6.47. The molecule has 1 aromatic heterocycles. The molecule has 0 aliphatic carbocycles. The van der Waals surface area contributed by atoms with Gasteiger partial charge in [0.1, 0.15) is 5.52 Å². The maximum atomic E-state index is 5.78. The third-order valence-electron chi connectivity index (χ3n) is 1.60. The highest BCUT2D eigenvalue weighted by Crippen LogP contribution is 2.29. The first-order valence-electron chi connectivity index (χ1n) is 3.49. The summed E-state index contributed by atoms with van der Waals surface area (Å²) in [7, 11) is 0. The monoisotopic (exact) mass is 242 g/mol. The lowest BCUT2D eigenvalue weighted by molar-refractivity contribution is 1.35. The number of anilines is 1. The standard InChI is InChI=1S/C8H7BrN2S/c1-4-11-8-6(10)2-5(9)3-7(8)12-4/h2-3H,10H2,1H3. The van der Waals surface area contributed by atoms with Gasteiger partial charge in [-0.25, -0.2) is 4.98 Å². The quantitative estimate of drug-likeness (QED) is 0.722. The van der Waals surface area contributed by atoms with Crippen molar-refractivity contribution in [3.8, 4) is 0 Å². The SMILES string of the molecule is Cc1nc2c(N)cc(Br)cc2s1. The molecular formula is C8H7BrN2S. The van der Waals surface area contributed by atoms with E-state index in [1.807, 2.05) is 19.1 Å². The summed E-state index contributed by atoms with van der Waals surface area (Å²) in [5.41, 5.74) is 7.44. The second kappa shape index (κ2) is 2.71. The molecule has 2 nitrogen and oxygen atoms in total. The minimum absolute atomic E-state index is 0.740. The molecule has 2 N–H and O–H groups in total. The number of nitrogens with two attached hydrogens (primary N) is 1. The van der Waals surface area contributed by atoms with Gasteiger partial charge in [-0.15, -0.1) is 11.3 Å². The fourth-order valence-corrected chi connectivity index (χ4v) is 2.66. The lowest BCUT2D eigenvalue weighted by Gasteiger charge is -1.94. The molecule has 0 aliphatic rings. The molecule has 2 rings (SSSR count). The number of fused-ring (bicyclic) bond motifs is 1. The fraction of sp³-hybridized carbons (Fsp3) is 0.125. The van der Waals surface area contributed by atoms with Crippen LogP contribution in [-0.2, 0) is 0 Å². The maximum Gasteiger partial charge on any atom is 0.104 e. The van der Waals surface area contributed by atoms with E-state index in [-0.39, 0.29) is 0 Å². The number of nitrogen functional groups attached to an aromatic ring is 1. The molecule has 12 heavy (non-hydrogen) atoms. The minimum atomic E-state index is 0.740. The van der Waals surface area contributed by atoms with Gasteiger partial charge in [-0.05, 0) is 19.1 Å². The largest absolute Gasteiger partial charge is 0.397 e. The number of rotatable bonds is 0. The summed E-state index contributed by atoms with van der Waals surface area (Å²) in [6.07, 6.45) is 0. The van der Waals surface area contributed by atoms with Gasteiger partial charge in [0.05, 0.1) is 15.4 Å². The van der Waals surface area contributed by atoms with Gasteiger partial charge in [0.15, 0.2) is 0 Å². The third kappa shape index (κ3) is 1.21. The molecular weight excluding hydrogens is 236 g/mol. The van der Waals surface area contributed by atoms with Gasteiger partial charge in [0.25, 0.3) is 0 Å². The van der Waals surface area contributed by atoms with Crippen molar-refractivity contribution in [2.24, 2.45) is 0 Å². The number of nitrogens with zero attached hydrogens (tertiary/aromatic N) is 1. The lowest BCUT2D eigenvalue weighted by atomic mass is 10.3. The van der Waals surface area contributed by atoms with Gasteiger partial charge in [0.2, 0.25) is 0 Å². The Morgan fingerprint density at radius 1 is 1.50 bits per heavy atom. The van der Waals surface area contributed by atoms with Crippen LogP contribution >= 0.6 is 27.3 Å². The molecule has 0 amide bonds. The Morgan fingerprint density at radius 3 is 3.00 bits per heavy atom. The van der Waals surface area contributed by atoms with E-state index in [0.29, 0.717) is 0 Å². The van der Waals surface area contributed by atoms with Crippen LogP contribution < -0.4 is 5.73 Å². The summed E-state index contributed by atoms with van der Waals surface area (Å²) in [6, 6.07) is 3.91. The number of aromatic nitrogens is 1. The highest BCUT2D eigenvalue weighted by atomic mass is 79.9. The van der Waals surface area contributed by atoms with E-state index >= 15 is 0 Å². The van der Waals surface area contributed by atoms with Crippen LogP contribution in [0.2, 0.25) is 0 Å². The van der Waals surface area contributed by atoms with Crippen LogP contribution in [0.5, 0.6) is 0 Å². The Kier molecular flexibility index (Phi) is 1.81. The third-order valence-corrected chi connectivity index (χ3v) is 2.97. The number of hydrogen-bond acceptors (Lipinski definition) is 3. The molecule has 0 saturated heterocycles. The van der Waals surface area contributed by atoms with Crippen molar-refractivity contribution in [3.63, 3.8) is 0 Å². The Morgan fingerprint density at radius 2 is 2.25 bits per heavy atom. The molecule has 0 bridgehead atoms. The molecule has 0 aliphatic heterocycles. The van der Waals surface area contributed by atoms with E-state index in [4.69, 9.17) is 5.73 Å². The summed E-state index contributed by atoms with van der Waals surface area (Å²) in [4.78, 5) is 4.33. The van der Waals surface area contributed by atoms with E-state index in [1.54, 1.807) is 11.3 Å². The second-order valence-corrected chi connectivity index (χ2v) is 4.73. The normalized spacial score (nSPS) is 10.8. The molecule has 0 unspecified atom stereocenters. The molecule has 0 atom stereocenters. The number of benzene rings is 1. The Hall–Kier alpha value is -0.610. The van der Waals surface area contributed by atoms with Gasteiger partial charge < -0.3 is 5.73 Å². The lowest BCUT2D eigenvalue weighted by Crippen LogP contribution is -1.85. The topological polar surface area (TPSA) is 38.9 Å². The van der Waals surface area contributed by atoms with Gasteiger partial charge in [-0.2, -0.15) is 0 Å². The first-order valence-corrected chi connectivity index (χ1v) is 5.10. The minimum Gasteiger partial charge on any atom is -0.397 e. The second-order valence-electron chi connectivity index (χ2n) is 2.57. The van der Waals surface area contributed by atoms with Crippen molar-refractivity contribution in [3.05, 3.63) is 21.6 Å². The molecule has 2 aromatic rings. The van der Waals surface area contributed by atoms with Crippen molar-refractivity contribution in [1.29, 1.82) is 0 Å². The molecule has 0 saturated carbocycles. The Balaban J connectivity index is 2.88. The molecule has 0 fully saturated rings. The van der Waals surface area contributed by atoms with Gasteiger partial charge in [-0.1, -0.05) is 15.9 Å². The maximum absolute atomic E-state index is 5.78. The first-order chi connectivity index (χ1) is 5.66. The van der Waals surface area contributed by atoms with Crippen LogP contribution in [0.1, 0.15) is 5.01 Å². The molecule has 0 spiro atoms. The first kappa shape index (κ1) is 8.01. The van der Waals surface area contributed by atoms with Crippen molar-refractivity contribution in [1.82, 2.24) is 4.98 Å². The average Bonchev–Trinajstić information content (AvgIpc) is 2.29. The van der Waals surface area contributed by atoms with E-state index in [1.165, 1.54) is 0 Å². The zero-order valence-corrected chi connectivity index (χ0v) is 8.87. The Bertz CT molecular complexity index is 436. The van der Waals surface area contributed by atoms with Gasteiger partial charge in [0, 0.05) is 4.47 Å². The summed E-state index contributed by atoms with van der Waals surface area (Å²) in [6.45, 7) is 1.98. The number of hydrogen-bond donors (Lipinski definition) is 1. The van der Waals surface area contributed by atoms with Crippen molar-refractivity contribution in [2.75, 3.05) is 5.73 Å². The molecule has 0 radical (unpaired) electrons. The number of aryl methyl sites for hydroxylation is 1. The molecule has 62 valence electrons. The highest BCUT2D eigenvalue weighted by molar-refractivity contribution is 9.10. The average molecular weight is 243 g/mol. The molecule has 1 heterocycles. The van der Waals surface area contributed by atoms with Crippen LogP contribution in [-0.4, -0.2) is 4.98 Å². The van der Waals surface area contributed by atoms with Crippen molar-refractivity contribution in [2.45, 2.75) is 6.92 Å². The van der Waals surface area contributed by atoms with Crippen LogP contribution in [0.4, 0.5) is 5.69 Å². The van der Waals surface area contributed by atoms with Gasteiger partial charge in [-0.3, -0.25) is 0 Å². The van der Waals surface area contributed by atoms with Crippen LogP contribution in [0.15, 0.2) is 16.6 Å². The van der Waals surface area contributed by atoms with Crippen LogP contribution in [0, 0.1) is 6.92 Å². The predicted molar refractivity (Wildman–Crippen MR) is 56.5 cm³/mol. The van der Waals surface area contributed by atoms with E-state index in [0.717, 1.165) is 25.4 Å². The summed E-state index contributed by atoms with van der Waals surface area (Å²) in [5.74, 6) is 0. The van der Waals surface area contributed by atoms with E-state index in [9.17, 15) is 0 Å². The summed E-state index contributed by atoms with van der Waals surface area (Å²) >= 11 is 5.05. The highest BCUT2D eigenvalue weighted by Gasteiger charge is 2.04. The smallest absolute Gasteiger partial charge is 0.104 e. The van der Waals surface area contributed by atoms with Crippen molar-refractivity contribution < 1.29 is 0 Å². The zero-order chi connectivity index (χ0) is 8.72. The summed E-state index contributed by atoms with van der Waals surface area (Å²) < 4.78 is 2.15. The number of thiazole rings is 1. The number of halogens is 1. The Labute approximate surface area is 82.5 Å². The summed E-state index contributed by atoms with van der Waals surface area (Å²) in [5, 5.41) is 1.05. The van der Waals surface area contributed by atoms with Gasteiger partial charge >= 0.3 is 0 Å². The predicted octanol–water partition coefficient (Wildman–Crippen LogP) is 2.95. The fourth-order valence-electron chi connectivity index (χ4n) is 1.13. The van der Waals surface area contributed by atoms with Crippen LogP contribution in [0.25, 0.3) is 10.2 Å².